The number of hydrogen-bond acceptors (Lipinski definition) is 3. The zero-order valence-corrected chi connectivity index (χ0v) is 19.8. The zero-order chi connectivity index (χ0) is 25.5. The van der Waals surface area contributed by atoms with Crippen LogP contribution in [0.5, 0.6) is 17.2 Å². The van der Waals surface area contributed by atoms with E-state index < -0.39 is 17.5 Å². The molecule has 0 atom stereocenters. The van der Waals surface area contributed by atoms with Crippen molar-refractivity contribution in [3.8, 4) is 39.5 Å². The van der Waals surface area contributed by atoms with Crippen molar-refractivity contribution >= 4 is 0 Å². The average molecular weight is 491 g/mol. The summed E-state index contributed by atoms with van der Waals surface area (Å²) in [7, 11) is 0. The fraction of sp³-hybridized carbons (Fsp3) is 0.133. The molecule has 0 radical (unpaired) electrons. The van der Waals surface area contributed by atoms with Gasteiger partial charge in [-0.25, -0.2) is 13.2 Å². The highest BCUT2D eigenvalue weighted by Crippen LogP contribution is 2.33. The number of halogens is 3. The van der Waals surface area contributed by atoms with Crippen LogP contribution in [-0.2, 0) is 6.61 Å². The highest BCUT2D eigenvalue weighted by molar-refractivity contribution is 5.72. The van der Waals surface area contributed by atoms with Crippen molar-refractivity contribution in [3.05, 3.63) is 115 Å². The molecule has 0 aliphatic rings. The number of ether oxygens (including phenoxy) is 3. The topological polar surface area (TPSA) is 27.7 Å². The van der Waals surface area contributed by atoms with Crippen LogP contribution in [0, 0.1) is 17.5 Å². The van der Waals surface area contributed by atoms with Gasteiger partial charge in [0.05, 0.1) is 6.61 Å². The lowest BCUT2D eigenvalue weighted by molar-refractivity contribution is 0.304. The summed E-state index contributed by atoms with van der Waals surface area (Å²) in [5, 5.41) is 0. The molecule has 0 aromatic heterocycles. The molecule has 36 heavy (non-hydrogen) atoms. The SMILES string of the molecule is C=CCOc1ccc(COc2ccc(-c3ccc(-c4ccc(OCC)cc4)c(F)c3F)cc2)cc1F. The first-order chi connectivity index (χ1) is 17.5. The van der Waals surface area contributed by atoms with Crippen molar-refractivity contribution in [1.82, 2.24) is 0 Å². The maximum absolute atomic E-state index is 15.0. The molecule has 0 heterocycles. The molecule has 0 saturated carbocycles. The molecule has 4 rings (SSSR count). The van der Waals surface area contributed by atoms with E-state index in [2.05, 4.69) is 6.58 Å². The summed E-state index contributed by atoms with van der Waals surface area (Å²) >= 11 is 0. The summed E-state index contributed by atoms with van der Waals surface area (Å²) in [5.74, 6) is -1.01. The highest BCUT2D eigenvalue weighted by Gasteiger charge is 2.16. The van der Waals surface area contributed by atoms with Crippen LogP contribution in [0.1, 0.15) is 12.5 Å². The van der Waals surface area contributed by atoms with Crippen LogP contribution in [0.3, 0.4) is 0 Å². The smallest absolute Gasteiger partial charge is 0.167 e. The van der Waals surface area contributed by atoms with E-state index in [1.807, 2.05) is 6.92 Å². The maximum atomic E-state index is 15.0. The van der Waals surface area contributed by atoms with Gasteiger partial charge in [0.1, 0.15) is 24.7 Å². The molecule has 4 aromatic carbocycles. The minimum Gasteiger partial charge on any atom is -0.494 e. The minimum atomic E-state index is -0.927. The predicted molar refractivity (Wildman–Crippen MR) is 135 cm³/mol. The Morgan fingerprint density at radius 1 is 0.694 bits per heavy atom. The van der Waals surface area contributed by atoms with Crippen molar-refractivity contribution in [3.63, 3.8) is 0 Å². The van der Waals surface area contributed by atoms with Crippen molar-refractivity contribution in [2.24, 2.45) is 0 Å². The third-order valence-electron chi connectivity index (χ3n) is 5.48. The van der Waals surface area contributed by atoms with Crippen molar-refractivity contribution in [2.45, 2.75) is 13.5 Å². The molecule has 0 amide bonds. The highest BCUT2D eigenvalue weighted by atomic mass is 19.2. The van der Waals surface area contributed by atoms with Crippen LogP contribution in [0.2, 0.25) is 0 Å². The lowest BCUT2D eigenvalue weighted by Crippen LogP contribution is -1.99. The Hall–Kier alpha value is -4.19. The van der Waals surface area contributed by atoms with Gasteiger partial charge in [-0.15, -0.1) is 0 Å². The van der Waals surface area contributed by atoms with Crippen LogP contribution < -0.4 is 14.2 Å². The minimum absolute atomic E-state index is 0.137. The quantitative estimate of drug-likeness (QED) is 0.211. The predicted octanol–water partition coefficient (Wildman–Crippen LogP) is 7.98. The van der Waals surface area contributed by atoms with E-state index >= 15 is 0 Å². The molecule has 0 aliphatic heterocycles. The lowest BCUT2D eigenvalue weighted by Gasteiger charge is -2.11. The Morgan fingerprint density at radius 3 is 1.75 bits per heavy atom. The third-order valence-corrected chi connectivity index (χ3v) is 5.48. The second kappa shape index (κ2) is 11.5. The molecule has 184 valence electrons. The van der Waals surface area contributed by atoms with Gasteiger partial charge in [-0.3, -0.25) is 0 Å². The third kappa shape index (κ3) is 5.71. The van der Waals surface area contributed by atoms with Crippen LogP contribution in [0.25, 0.3) is 22.3 Å². The largest absolute Gasteiger partial charge is 0.494 e. The maximum Gasteiger partial charge on any atom is 0.167 e. The average Bonchev–Trinajstić information content (AvgIpc) is 2.90. The fourth-order valence-electron chi connectivity index (χ4n) is 3.69. The number of rotatable bonds is 10. The molecule has 4 aromatic rings. The van der Waals surface area contributed by atoms with Gasteiger partial charge in [-0.1, -0.05) is 55.1 Å². The normalized spacial score (nSPS) is 10.7. The molecule has 0 N–H and O–H groups in total. The van der Waals surface area contributed by atoms with Gasteiger partial charge in [-0.05, 0) is 60.0 Å². The standard InChI is InChI=1S/C30H25F3O3/c1-3-17-35-28-16-5-20(18-27(28)31)19-36-24-12-8-22(9-13-24)26-15-14-25(29(32)30(26)33)21-6-10-23(11-7-21)34-4-2/h3,5-16,18H,1,4,17,19H2,2H3. The van der Waals surface area contributed by atoms with E-state index in [1.165, 1.54) is 18.2 Å². The van der Waals surface area contributed by atoms with Gasteiger partial charge in [0, 0.05) is 11.1 Å². The Balaban J connectivity index is 1.45. The lowest BCUT2D eigenvalue weighted by atomic mass is 9.98. The van der Waals surface area contributed by atoms with E-state index in [9.17, 15) is 13.2 Å². The van der Waals surface area contributed by atoms with E-state index in [0.29, 0.717) is 34.8 Å². The molecular formula is C30H25F3O3. The summed E-state index contributed by atoms with van der Waals surface area (Å²) < 4.78 is 60.3. The van der Waals surface area contributed by atoms with Crippen LogP contribution >= 0.6 is 0 Å². The molecule has 0 saturated heterocycles. The van der Waals surface area contributed by atoms with Crippen molar-refractivity contribution in [1.29, 1.82) is 0 Å². The zero-order valence-electron chi connectivity index (χ0n) is 19.8. The summed E-state index contributed by atoms with van der Waals surface area (Å²) in [4.78, 5) is 0. The summed E-state index contributed by atoms with van der Waals surface area (Å²) in [5.41, 5.74) is 2.01. The van der Waals surface area contributed by atoms with Crippen molar-refractivity contribution < 1.29 is 27.4 Å². The monoisotopic (exact) mass is 490 g/mol. The number of benzene rings is 4. The van der Waals surface area contributed by atoms with E-state index in [-0.39, 0.29) is 30.1 Å². The first-order valence-corrected chi connectivity index (χ1v) is 11.5. The Labute approximate surface area is 208 Å². The molecule has 0 spiro atoms. The molecule has 0 fully saturated rings. The van der Waals surface area contributed by atoms with Gasteiger partial charge in [-0.2, -0.15) is 0 Å². The summed E-state index contributed by atoms with van der Waals surface area (Å²) in [6.07, 6.45) is 1.54. The Bertz CT molecular complexity index is 1330. The molecule has 0 aliphatic carbocycles. The van der Waals surface area contributed by atoms with E-state index in [1.54, 1.807) is 66.7 Å². The van der Waals surface area contributed by atoms with Crippen LogP contribution in [0.15, 0.2) is 91.5 Å². The molecular weight excluding hydrogens is 465 g/mol. The second-order valence-electron chi connectivity index (χ2n) is 7.92. The summed E-state index contributed by atoms with van der Waals surface area (Å²) in [6, 6.07) is 21.2. The van der Waals surface area contributed by atoms with Crippen LogP contribution in [-0.4, -0.2) is 13.2 Å². The van der Waals surface area contributed by atoms with Crippen LogP contribution in [0.4, 0.5) is 13.2 Å². The first-order valence-electron chi connectivity index (χ1n) is 11.5. The fourth-order valence-corrected chi connectivity index (χ4v) is 3.69. The van der Waals surface area contributed by atoms with Gasteiger partial charge in [0.25, 0.3) is 0 Å². The Kier molecular flexibility index (Phi) is 7.95. The van der Waals surface area contributed by atoms with Crippen molar-refractivity contribution in [2.75, 3.05) is 13.2 Å². The molecule has 3 nitrogen and oxygen atoms in total. The van der Waals surface area contributed by atoms with E-state index in [4.69, 9.17) is 14.2 Å². The number of hydrogen-bond donors (Lipinski definition) is 0. The van der Waals surface area contributed by atoms with Gasteiger partial charge in [0.2, 0.25) is 0 Å². The summed E-state index contributed by atoms with van der Waals surface area (Å²) in [6.45, 7) is 6.29. The molecule has 6 heteroatoms. The van der Waals surface area contributed by atoms with Gasteiger partial charge >= 0.3 is 0 Å². The second-order valence-corrected chi connectivity index (χ2v) is 7.92. The van der Waals surface area contributed by atoms with Gasteiger partial charge < -0.3 is 14.2 Å². The van der Waals surface area contributed by atoms with E-state index in [0.717, 1.165) is 0 Å². The Morgan fingerprint density at radius 2 is 1.25 bits per heavy atom. The first kappa shape index (κ1) is 24.9. The van der Waals surface area contributed by atoms with Gasteiger partial charge in [0.15, 0.2) is 23.2 Å². The molecule has 0 bridgehead atoms. The molecule has 0 unspecified atom stereocenters.